The van der Waals surface area contributed by atoms with Crippen LogP contribution in [0.4, 0.5) is 0 Å². The minimum Gasteiger partial charge on any atom is -0.330 e. The van der Waals surface area contributed by atoms with E-state index in [0.717, 1.165) is 6.54 Å². The van der Waals surface area contributed by atoms with Crippen molar-refractivity contribution in [3.8, 4) is 0 Å². The Morgan fingerprint density at radius 2 is 1.20 bits per heavy atom. The summed E-state index contributed by atoms with van der Waals surface area (Å²) in [5, 5.41) is 0. The molecule has 0 amide bonds. The normalized spacial score (nSPS) is 12.0. The zero-order chi connectivity index (χ0) is 11.6. The van der Waals surface area contributed by atoms with Crippen molar-refractivity contribution in [2.45, 2.75) is 78.6 Å². The number of nitrogens with two attached hydrogens (primary N) is 1. The van der Waals surface area contributed by atoms with Crippen LogP contribution in [0.5, 0.6) is 0 Å². The third-order valence-electron chi connectivity index (χ3n) is 4.16. The first-order valence-electron chi connectivity index (χ1n) is 6.94. The average Bonchev–Trinajstić information content (AvgIpc) is 2.29. The molecule has 0 fully saturated rings. The van der Waals surface area contributed by atoms with Crippen molar-refractivity contribution in [2.24, 2.45) is 11.1 Å². The van der Waals surface area contributed by atoms with Crippen molar-refractivity contribution in [3.05, 3.63) is 0 Å². The van der Waals surface area contributed by atoms with Crippen molar-refractivity contribution >= 4 is 0 Å². The molecule has 0 aromatic carbocycles. The Balaban J connectivity index is 3.54. The van der Waals surface area contributed by atoms with Crippen LogP contribution in [0.15, 0.2) is 0 Å². The maximum atomic E-state index is 5.48. The molecule has 0 aromatic rings. The van der Waals surface area contributed by atoms with E-state index in [9.17, 15) is 0 Å². The highest BCUT2D eigenvalue weighted by Gasteiger charge is 2.22. The van der Waals surface area contributed by atoms with Crippen molar-refractivity contribution in [3.63, 3.8) is 0 Å². The Morgan fingerprint density at radius 3 is 1.67 bits per heavy atom. The van der Waals surface area contributed by atoms with E-state index in [1.54, 1.807) is 0 Å². The second-order valence-electron chi connectivity index (χ2n) is 4.87. The fraction of sp³-hybridized carbons (Fsp3) is 1.00. The Labute approximate surface area is 96.8 Å². The molecule has 92 valence electrons. The van der Waals surface area contributed by atoms with Crippen LogP contribution in [0.25, 0.3) is 0 Å². The van der Waals surface area contributed by atoms with Gasteiger partial charge < -0.3 is 5.73 Å². The molecule has 0 radical (unpaired) electrons. The van der Waals surface area contributed by atoms with Gasteiger partial charge in [-0.1, -0.05) is 65.7 Å². The van der Waals surface area contributed by atoms with Gasteiger partial charge in [0.1, 0.15) is 0 Å². The monoisotopic (exact) mass is 213 g/mol. The van der Waals surface area contributed by atoms with Crippen LogP contribution in [-0.2, 0) is 0 Å². The van der Waals surface area contributed by atoms with Crippen LogP contribution in [0, 0.1) is 5.41 Å². The van der Waals surface area contributed by atoms with E-state index >= 15 is 0 Å². The fourth-order valence-electron chi connectivity index (χ4n) is 2.45. The highest BCUT2D eigenvalue weighted by molar-refractivity contribution is 4.74. The lowest BCUT2D eigenvalue weighted by molar-refractivity contribution is 0.220. The molecule has 0 bridgehead atoms. The average molecular weight is 213 g/mol. The molecule has 0 aliphatic carbocycles. The topological polar surface area (TPSA) is 26.0 Å². The predicted molar refractivity (Wildman–Crippen MR) is 70.1 cm³/mol. The summed E-state index contributed by atoms with van der Waals surface area (Å²) in [6.07, 6.45) is 12.2. The number of unbranched alkanes of at least 4 members (excludes halogenated alkanes) is 4. The zero-order valence-corrected chi connectivity index (χ0v) is 11.1. The summed E-state index contributed by atoms with van der Waals surface area (Å²) in [6.45, 7) is 7.91. The van der Waals surface area contributed by atoms with Crippen molar-refractivity contribution in [1.82, 2.24) is 0 Å². The van der Waals surface area contributed by atoms with Crippen LogP contribution in [-0.4, -0.2) is 6.54 Å². The van der Waals surface area contributed by atoms with E-state index < -0.39 is 0 Å². The third kappa shape index (κ3) is 6.19. The third-order valence-corrected chi connectivity index (χ3v) is 4.16. The van der Waals surface area contributed by atoms with Gasteiger partial charge in [0.15, 0.2) is 0 Å². The lowest BCUT2D eigenvalue weighted by Crippen LogP contribution is -2.17. The summed E-state index contributed by atoms with van der Waals surface area (Å²) in [4.78, 5) is 0. The first kappa shape index (κ1) is 15.0. The van der Waals surface area contributed by atoms with Gasteiger partial charge in [0.05, 0.1) is 0 Å². The van der Waals surface area contributed by atoms with E-state index in [0.29, 0.717) is 5.41 Å². The van der Waals surface area contributed by atoms with Gasteiger partial charge in [-0.15, -0.1) is 0 Å². The van der Waals surface area contributed by atoms with Gasteiger partial charge in [-0.2, -0.15) is 0 Å². The maximum absolute atomic E-state index is 5.48. The SMILES string of the molecule is CCC(CC)(CC)CCCCCCCN. The highest BCUT2D eigenvalue weighted by atomic mass is 14.5. The van der Waals surface area contributed by atoms with Crippen LogP contribution < -0.4 is 5.73 Å². The van der Waals surface area contributed by atoms with Gasteiger partial charge in [0.2, 0.25) is 0 Å². The molecule has 0 rings (SSSR count). The van der Waals surface area contributed by atoms with E-state index in [1.165, 1.54) is 57.8 Å². The largest absolute Gasteiger partial charge is 0.330 e. The zero-order valence-electron chi connectivity index (χ0n) is 11.1. The van der Waals surface area contributed by atoms with E-state index in [2.05, 4.69) is 20.8 Å². The Kier molecular flexibility index (Phi) is 9.18. The van der Waals surface area contributed by atoms with Crippen molar-refractivity contribution in [1.29, 1.82) is 0 Å². The van der Waals surface area contributed by atoms with Crippen LogP contribution >= 0.6 is 0 Å². The van der Waals surface area contributed by atoms with Gasteiger partial charge in [-0.25, -0.2) is 0 Å². The number of rotatable bonds is 10. The first-order valence-corrected chi connectivity index (χ1v) is 6.94. The molecule has 0 aliphatic rings. The molecule has 0 saturated heterocycles. The van der Waals surface area contributed by atoms with Crippen LogP contribution in [0.2, 0.25) is 0 Å². The van der Waals surface area contributed by atoms with E-state index in [-0.39, 0.29) is 0 Å². The smallest absolute Gasteiger partial charge is 0.00773 e. The second-order valence-corrected chi connectivity index (χ2v) is 4.87. The Morgan fingerprint density at radius 1 is 0.733 bits per heavy atom. The Hall–Kier alpha value is -0.0400. The lowest BCUT2D eigenvalue weighted by Gasteiger charge is -2.30. The second kappa shape index (κ2) is 9.21. The van der Waals surface area contributed by atoms with Gasteiger partial charge >= 0.3 is 0 Å². The molecule has 15 heavy (non-hydrogen) atoms. The van der Waals surface area contributed by atoms with Gasteiger partial charge in [0, 0.05) is 0 Å². The Bertz CT molecular complexity index is 119. The summed E-state index contributed by atoms with van der Waals surface area (Å²) in [5.41, 5.74) is 6.12. The first-order chi connectivity index (χ1) is 7.24. The molecule has 0 aliphatic heterocycles. The molecule has 0 atom stereocenters. The number of hydrogen-bond acceptors (Lipinski definition) is 1. The molecular formula is C14H31N. The quantitative estimate of drug-likeness (QED) is 0.531. The van der Waals surface area contributed by atoms with Crippen LogP contribution in [0.3, 0.4) is 0 Å². The molecule has 2 N–H and O–H groups in total. The van der Waals surface area contributed by atoms with E-state index in [1.807, 2.05) is 0 Å². The standard InChI is InChI=1S/C14H31N/c1-4-14(5-2,6-3)12-10-8-7-9-11-13-15/h4-13,15H2,1-3H3. The summed E-state index contributed by atoms with van der Waals surface area (Å²) in [7, 11) is 0. The lowest BCUT2D eigenvalue weighted by atomic mass is 9.75. The summed E-state index contributed by atoms with van der Waals surface area (Å²) >= 11 is 0. The van der Waals surface area contributed by atoms with Gasteiger partial charge in [-0.3, -0.25) is 0 Å². The molecule has 0 aromatic heterocycles. The molecule has 0 heterocycles. The van der Waals surface area contributed by atoms with Crippen molar-refractivity contribution < 1.29 is 0 Å². The number of hydrogen-bond donors (Lipinski definition) is 1. The van der Waals surface area contributed by atoms with Gasteiger partial charge in [0.25, 0.3) is 0 Å². The molecule has 1 nitrogen and oxygen atoms in total. The van der Waals surface area contributed by atoms with Crippen molar-refractivity contribution in [2.75, 3.05) is 6.54 Å². The molecule has 0 saturated carbocycles. The summed E-state index contributed by atoms with van der Waals surface area (Å²) in [6, 6.07) is 0. The fourth-order valence-corrected chi connectivity index (χ4v) is 2.45. The maximum Gasteiger partial charge on any atom is -0.00773 e. The van der Waals surface area contributed by atoms with E-state index in [4.69, 9.17) is 5.73 Å². The molecule has 0 spiro atoms. The minimum absolute atomic E-state index is 0.647. The summed E-state index contributed by atoms with van der Waals surface area (Å²) < 4.78 is 0. The predicted octanol–water partition coefficient (Wildman–Crippen LogP) is 4.50. The minimum atomic E-state index is 0.647. The van der Waals surface area contributed by atoms with Crippen LogP contribution in [0.1, 0.15) is 78.6 Å². The molecule has 1 heteroatoms. The highest BCUT2D eigenvalue weighted by Crippen LogP contribution is 2.36. The van der Waals surface area contributed by atoms with Gasteiger partial charge in [-0.05, 0) is 24.8 Å². The summed E-state index contributed by atoms with van der Waals surface area (Å²) in [5.74, 6) is 0. The molecule has 0 unspecified atom stereocenters. The molecular weight excluding hydrogens is 182 g/mol.